The minimum Gasteiger partial charge on any atom is -0.396 e. The van der Waals surface area contributed by atoms with Gasteiger partial charge in [-0.15, -0.1) is 0 Å². The molecule has 6 nitrogen and oxygen atoms in total. The Kier molecular flexibility index (Phi) is 6.64. The van der Waals surface area contributed by atoms with E-state index in [1.807, 2.05) is 6.92 Å². The average molecular weight is 430 g/mol. The molecule has 0 aliphatic carbocycles. The van der Waals surface area contributed by atoms with E-state index in [2.05, 4.69) is 10.3 Å². The number of nitrogens with zero attached hydrogens (tertiary/aromatic N) is 2. The van der Waals surface area contributed by atoms with E-state index in [1.165, 1.54) is 22.8 Å². The number of anilines is 1. The highest BCUT2D eigenvalue weighted by molar-refractivity contribution is 6.33. The summed E-state index contributed by atoms with van der Waals surface area (Å²) in [5.74, 6) is -0.800. The van der Waals surface area contributed by atoms with E-state index in [4.69, 9.17) is 11.6 Å². The smallest absolute Gasteiger partial charge is 0.257 e. The first-order valence-electron chi connectivity index (χ1n) is 9.33. The fraction of sp³-hybridized carbons (Fsp3) is 0.227. The van der Waals surface area contributed by atoms with E-state index in [9.17, 15) is 19.1 Å². The number of amides is 1. The Morgan fingerprint density at radius 2 is 2.00 bits per heavy atom. The lowest BCUT2D eigenvalue weighted by Gasteiger charge is -2.16. The largest absolute Gasteiger partial charge is 0.396 e. The van der Waals surface area contributed by atoms with E-state index >= 15 is 0 Å². The summed E-state index contributed by atoms with van der Waals surface area (Å²) in [5, 5.41) is 12.4. The van der Waals surface area contributed by atoms with Gasteiger partial charge in [0.15, 0.2) is 0 Å². The van der Waals surface area contributed by atoms with E-state index in [-0.39, 0.29) is 25.4 Å². The number of carbonyl (C=O) groups is 1. The van der Waals surface area contributed by atoms with Crippen LogP contribution in [0.3, 0.4) is 0 Å². The Morgan fingerprint density at radius 1 is 1.23 bits per heavy atom. The molecule has 0 radical (unpaired) electrons. The SMILES string of the molecule is Cc1ccc(NC(=O)Cn2c(-c3cccc(F)c3)nc(C)c(CCO)c2=O)c(Cl)c1. The first-order chi connectivity index (χ1) is 14.3. The fourth-order valence-electron chi connectivity index (χ4n) is 3.15. The summed E-state index contributed by atoms with van der Waals surface area (Å²) in [5.41, 5.74) is 2.00. The second-order valence-electron chi connectivity index (χ2n) is 6.91. The maximum atomic E-state index is 13.8. The second kappa shape index (κ2) is 9.19. The van der Waals surface area contributed by atoms with E-state index < -0.39 is 17.3 Å². The zero-order valence-corrected chi connectivity index (χ0v) is 17.3. The third-order valence-corrected chi connectivity index (χ3v) is 4.93. The summed E-state index contributed by atoms with van der Waals surface area (Å²) in [4.78, 5) is 30.2. The molecule has 3 aromatic rings. The summed E-state index contributed by atoms with van der Waals surface area (Å²) >= 11 is 6.17. The van der Waals surface area contributed by atoms with Crippen LogP contribution in [0.4, 0.5) is 10.1 Å². The van der Waals surface area contributed by atoms with Crippen molar-refractivity contribution in [3.05, 3.63) is 80.5 Å². The molecular weight excluding hydrogens is 409 g/mol. The van der Waals surface area contributed by atoms with Crippen molar-refractivity contribution in [3.8, 4) is 11.4 Å². The molecule has 8 heteroatoms. The Labute approximate surface area is 178 Å². The van der Waals surface area contributed by atoms with Gasteiger partial charge in [-0.25, -0.2) is 9.37 Å². The van der Waals surface area contributed by atoms with Gasteiger partial charge in [0.05, 0.1) is 10.7 Å². The van der Waals surface area contributed by atoms with Crippen molar-refractivity contribution in [1.82, 2.24) is 9.55 Å². The highest BCUT2D eigenvalue weighted by atomic mass is 35.5. The number of aryl methyl sites for hydroxylation is 2. The lowest BCUT2D eigenvalue weighted by molar-refractivity contribution is -0.116. The standard InChI is InChI=1S/C22H21ClFN3O3/c1-13-6-7-19(18(23)10-13)26-20(29)12-27-21(15-4-3-5-16(24)11-15)25-14(2)17(8-9-28)22(27)30/h3-7,10-11,28H,8-9,12H2,1-2H3,(H,26,29). The number of aliphatic hydroxyl groups excluding tert-OH is 1. The van der Waals surface area contributed by atoms with Crippen molar-refractivity contribution >= 4 is 23.2 Å². The Balaban J connectivity index is 2.03. The maximum absolute atomic E-state index is 13.8. The predicted molar refractivity (Wildman–Crippen MR) is 114 cm³/mol. The van der Waals surface area contributed by atoms with Crippen LogP contribution < -0.4 is 10.9 Å². The van der Waals surface area contributed by atoms with Gasteiger partial charge >= 0.3 is 0 Å². The molecule has 0 fully saturated rings. The van der Waals surface area contributed by atoms with Crippen LogP contribution in [-0.4, -0.2) is 27.2 Å². The highest BCUT2D eigenvalue weighted by Crippen LogP contribution is 2.23. The zero-order valence-electron chi connectivity index (χ0n) is 16.6. The van der Waals surface area contributed by atoms with Crippen LogP contribution in [0.25, 0.3) is 11.4 Å². The maximum Gasteiger partial charge on any atom is 0.257 e. The second-order valence-corrected chi connectivity index (χ2v) is 7.31. The fourth-order valence-corrected chi connectivity index (χ4v) is 3.43. The van der Waals surface area contributed by atoms with E-state index in [1.54, 1.807) is 31.2 Å². The van der Waals surface area contributed by atoms with Crippen LogP contribution in [0.1, 0.15) is 16.8 Å². The molecule has 1 amide bonds. The molecular formula is C22H21ClFN3O3. The van der Waals surface area contributed by atoms with Crippen molar-refractivity contribution in [2.45, 2.75) is 26.8 Å². The van der Waals surface area contributed by atoms with Crippen molar-refractivity contribution < 1.29 is 14.3 Å². The molecule has 1 heterocycles. The summed E-state index contributed by atoms with van der Waals surface area (Å²) in [6.45, 7) is 2.94. The van der Waals surface area contributed by atoms with Gasteiger partial charge in [-0.2, -0.15) is 0 Å². The number of halogens is 2. The number of hydrogen-bond donors (Lipinski definition) is 2. The first-order valence-corrected chi connectivity index (χ1v) is 9.71. The third-order valence-electron chi connectivity index (χ3n) is 4.61. The number of carbonyl (C=O) groups excluding carboxylic acids is 1. The number of rotatable bonds is 6. The normalized spacial score (nSPS) is 10.8. The van der Waals surface area contributed by atoms with Crippen LogP contribution in [0.5, 0.6) is 0 Å². The van der Waals surface area contributed by atoms with Crippen LogP contribution in [0.2, 0.25) is 5.02 Å². The molecule has 0 saturated carbocycles. The van der Waals surface area contributed by atoms with Gasteiger partial charge in [0.25, 0.3) is 5.56 Å². The molecule has 0 aliphatic heterocycles. The summed E-state index contributed by atoms with van der Waals surface area (Å²) in [6, 6.07) is 10.8. The number of aliphatic hydroxyl groups is 1. The zero-order chi connectivity index (χ0) is 21.8. The van der Waals surface area contributed by atoms with Crippen molar-refractivity contribution in [2.24, 2.45) is 0 Å². The molecule has 0 atom stereocenters. The van der Waals surface area contributed by atoms with Gasteiger partial charge in [0.2, 0.25) is 5.91 Å². The van der Waals surface area contributed by atoms with E-state index in [0.29, 0.717) is 27.5 Å². The van der Waals surface area contributed by atoms with Crippen molar-refractivity contribution in [3.63, 3.8) is 0 Å². The highest BCUT2D eigenvalue weighted by Gasteiger charge is 2.18. The molecule has 3 rings (SSSR count). The van der Waals surface area contributed by atoms with Crippen LogP contribution in [-0.2, 0) is 17.8 Å². The van der Waals surface area contributed by atoms with Gasteiger partial charge in [0.1, 0.15) is 18.2 Å². The van der Waals surface area contributed by atoms with Crippen LogP contribution in [0, 0.1) is 19.7 Å². The van der Waals surface area contributed by atoms with Crippen molar-refractivity contribution in [1.29, 1.82) is 0 Å². The molecule has 2 N–H and O–H groups in total. The summed E-state index contributed by atoms with van der Waals surface area (Å²) in [7, 11) is 0. The minimum absolute atomic E-state index is 0.104. The van der Waals surface area contributed by atoms with Gasteiger partial charge < -0.3 is 10.4 Å². The van der Waals surface area contributed by atoms with Gasteiger partial charge in [0, 0.05) is 29.8 Å². The predicted octanol–water partition coefficient (Wildman–Crippen LogP) is 3.49. The summed E-state index contributed by atoms with van der Waals surface area (Å²) in [6.07, 6.45) is 0.104. The number of hydrogen-bond acceptors (Lipinski definition) is 4. The molecule has 0 saturated heterocycles. The monoisotopic (exact) mass is 429 g/mol. The Bertz CT molecular complexity index is 1160. The van der Waals surface area contributed by atoms with Crippen LogP contribution in [0.15, 0.2) is 47.3 Å². The van der Waals surface area contributed by atoms with Crippen LogP contribution >= 0.6 is 11.6 Å². The first kappa shape index (κ1) is 21.7. The number of aromatic nitrogens is 2. The minimum atomic E-state index is -0.485. The molecule has 2 aromatic carbocycles. The van der Waals surface area contributed by atoms with Gasteiger partial charge in [-0.05, 0) is 43.7 Å². The van der Waals surface area contributed by atoms with Gasteiger partial charge in [-0.3, -0.25) is 14.2 Å². The Hall–Kier alpha value is -3.03. The lowest BCUT2D eigenvalue weighted by atomic mass is 10.1. The average Bonchev–Trinajstić information content (AvgIpc) is 2.69. The molecule has 0 spiro atoms. The van der Waals surface area contributed by atoms with E-state index in [0.717, 1.165) is 5.56 Å². The topological polar surface area (TPSA) is 84.2 Å². The number of nitrogens with one attached hydrogen (secondary N) is 1. The summed E-state index contributed by atoms with van der Waals surface area (Å²) < 4.78 is 15.0. The van der Waals surface area contributed by atoms with Gasteiger partial charge in [-0.1, -0.05) is 29.8 Å². The molecule has 30 heavy (non-hydrogen) atoms. The lowest BCUT2D eigenvalue weighted by Crippen LogP contribution is -2.33. The number of benzene rings is 2. The Morgan fingerprint density at radius 3 is 2.67 bits per heavy atom. The quantitative estimate of drug-likeness (QED) is 0.628. The molecule has 0 unspecified atom stereocenters. The molecule has 0 bridgehead atoms. The van der Waals surface area contributed by atoms with Crippen molar-refractivity contribution in [2.75, 3.05) is 11.9 Å². The molecule has 1 aromatic heterocycles. The molecule has 0 aliphatic rings. The molecule has 156 valence electrons. The third kappa shape index (κ3) is 4.75.